The first kappa shape index (κ1) is 15.6. The van der Waals surface area contributed by atoms with E-state index in [1.807, 2.05) is 0 Å². The molecule has 0 fully saturated rings. The summed E-state index contributed by atoms with van der Waals surface area (Å²) in [4.78, 5) is 8.24. The Morgan fingerprint density at radius 1 is 1.38 bits per heavy atom. The molecular weight excluding hydrogens is 376 g/mol. The molecule has 0 saturated carbocycles. The van der Waals surface area contributed by atoms with E-state index in [9.17, 15) is 3.89 Å². The van der Waals surface area contributed by atoms with Gasteiger partial charge in [0.05, 0.1) is 28.4 Å². The molecule has 0 N–H and O–H groups in total. The van der Waals surface area contributed by atoms with Crippen molar-refractivity contribution < 1.29 is 13.0 Å². The van der Waals surface area contributed by atoms with Crippen molar-refractivity contribution in [3.05, 3.63) is 40.9 Å². The summed E-state index contributed by atoms with van der Waals surface area (Å²) >= 11 is 7.06. The largest absolute Gasteiger partial charge is 0.496 e. The van der Waals surface area contributed by atoms with E-state index < -0.39 is 5.82 Å². The molecule has 4 aromatic rings. The van der Waals surface area contributed by atoms with Gasteiger partial charge in [-0.3, -0.25) is 0 Å². The second-order valence-corrected chi connectivity index (χ2v) is 6.68. The Labute approximate surface area is 148 Å². The monoisotopic (exact) mass is 383 g/mol. The highest BCUT2D eigenvalue weighted by Gasteiger charge is 2.22. The topological polar surface area (TPSA) is 39.9 Å². The molecule has 3 heterocycles. The summed E-state index contributed by atoms with van der Waals surface area (Å²) < 4.78 is 35.3. The summed E-state index contributed by atoms with van der Waals surface area (Å²) in [6, 6.07) is 4.93. The standard InChI is InChI=1S/C15H8ClF2N3OS2/c1-22-10-4-9-14(23-6-19-9)13(17)12(10)8-5-21(24-18)15-7(8)2-3-11(16)20-15/h2-6H,1H3. The maximum atomic E-state index is 15.1. The van der Waals surface area contributed by atoms with Gasteiger partial charge in [0.25, 0.3) is 0 Å². The fourth-order valence-electron chi connectivity index (χ4n) is 2.66. The number of benzene rings is 1. The van der Waals surface area contributed by atoms with Crippen molar-refractivity contribution in [1.82, 2.24) is 13.9 Å². The van der Waals surface area contributed by atoms with Crippen LogP contribution in [-0.4, -0.2) is 21.1 Å². The Kier molecular flexibility index (Phi) is 3.82. The number of ether oxygens (including phenoxy) is 1. The van der Waals surface area contributed by atoms with Gasteiger partial charge in [0.2, 0.25) is 0 Å². The molecule has 1 aromatic carbocycles. The average molecular weight is 384 g/mol. The Hall–Kier alpha value is -1.90. The molecule has 0 atom stereocenters. The number of hydrogen-bond acceptors (Lipinski definition) is 5. The molecule has 0 spiro atoms. The number of pyridine rings is 1. The van der Waals surface area contributed by atoms with Crippen molar-refractivity contribution in [1.29, 1.82) is 0 Å². The Morgan fingerprint density at radius 2 is 2.21 bits per heavy atom. The highest BCUT2D eigenvalue weighted by atomic mass is 35.5. The van der Waals surface area contributed by atoms with E-state index in [1.54, 1.807) is 23.7 Å². The van der Waals surface area contributed by atoms with Crippen LogP contribution in [0.3, 0.4) is 0 Å². The molecule has 3 aromatic heterocycles. The first-order valence-corrected chi connectivity index (χ1v) is 8.64. The van der Waals surface area contributed by atoms with Crippen molar-refractivity contribution in [3.63, 3.8) is 0 Å². The van der Waals surface area contributed by atoms with Crippen molar-refractivity contribution in [2.24, 2.45) is 0 Å². The first-order valence-electron chi connectivity index (χ1n) is 6.70. The summed E-state index contributed by atoms with van der Waals surface area (Å²) in [5.74, 6) is -0.131. The zero-order valence-electron chi connectivity index (χ0n) is 12.1. The van der Waals surface area contributed by atoms with Crippen molar-refractivity contribution in [2.75, 3.05) is 7.11 Å². The van der Waals surface area contributed by atoms with Crippen molar-refractivity contribution >= 4 is 56.5 Å². The molecule has 0 radical (unpaired) electrons. The lowest BCUT2D eigenvalue weighted by Gasteiger charge is -2.09. The minimum atomic E-state index is -0.454. The van der Waals surface area contributed by atoms with Gasteiger partial charge in [-0.25, -0.2) is 18.3 Å². The summed E-state index contributed by atoms with van der Waals surface area (Å²) in [5, 5.41) is 0.804. The number of nitrogens with zero attached hydrogens (tertiary/aromatic N) is 3. The molecule has 0 bridgehead atoms. The van der Waals surface area contributed by atoms with Gasteiger partial charge in [-0.2, -0.15) is 0 Å². The van der Waals surface area contributed by atoms with Gasteiger partial charge in [0, 0.05) is 23.2 Å². The first-order chi connectivity index (χ1) is 11.6. The van der Waals surface area contributed by atoms with Crippen LogP contribution >= 0.6 is 35.3 Å². The number of rotatable bonds is 3. The summed E-state index contributed by atoms with van der Waals surface area (Å²) in [7, 11) is 1.45. The molecule has 0 aliphatic heterocycles. The minimum Gasteiger partial charge on any atom is -0.496 e. The average Bonchev–Trinajstić information content (AvgIpc) is 3.18. The number of methoxy groups -OCH3 is 1. The van der Waals surface area contributed by atoms with Crippen LogP contribution in [0.1, 0.15) is 0 Å². The smallest absolute Gasteiger partial charge is 0.171 e. The summed E-state index contributed by atoms with van der Waals surface area (Å²) in [5.41, 5.74) is 3.12. The van der Waals surface area contributed by atoms with Gasteiger partial charge in [-0.1, -0.05) is 11.6 Å². The summed E-state index contributed by atoms with van der Waals surface area (Å²) in [6.07, 6.45) is 1.48. The predicted octanol–water partition coefficient (Wildman–Crippen LogP) is 5.49. The molecule has 0 amide bonds. The van der Waals surface area contributed by atoms with E-state index in [2.05, 4.69) is 9.97 Å². The van der Waals surface area contributed by atoms with Crippen LogP contribution in [0.25, 0.3) is 32.4 Å². The normalized spacial score (nSPS) is 11.5. The van der Waals surface area contributed by atoms with Crippen LogP contribution < -0.4 is 4.74 Å². The fourth-order valence-corrected chi connectivity index (χ4v) is 3.86. The lowest BCUT2D eigenvalue weighted by atomic mass is 10.0. The third kappa shape index (κ3) is 2.25. The third-order valence-electron chi connectivity index (χ3n) is 3.68. The van der Waals surface area contributed by atoms with Gasteiger partial charge < -0.3 is 4.74 Å². The number of fused-ring (bicyclic) bond motifs is 2. The Bertz CT molecular complexity index is 1080. The molecule has 9 heteroatoms. The van der Waals surface area contributed by atoms with E-state index in [0.717, 1.165) is 0 Å². The van der Waals surface area contributed by atoms with Gasteiger partial charge in [-0.15, -0.1) is 15.2 Å². The molecule has 4 nitrogen and oxygen atoms in total. The van der Waals surface area contributed by atoms with E-state index in [-0.39, 0.29) is 23.1 Å². The van der Waals surface area contributed by atoms with E-state index in [4.69, 9.17) is 16.3 Å². The van der Waals surface area contributed by atoms with Gasteiger partial charge >= 0.3 is 0 Å². The molecule has 4 rings (SSSR count). The number of hydrogen-bond donors (Lipinski definition) is 0. The van der Waals surface area contributed by atoms with E-state index in [1.165, 1.54) is 28.6 Å². The SMILES string of the molecule is COc1cc2ncsc2c(F)c1-c1cn(SF)c2nc(Cl)ccc12. The molecule has 24 heavy (non-hydrogen) atoms. The zero-order valence-corrected chi connectivity index (χ0v) is 14.5. The van der Waals surface area contributed by atoms with Crippen LogP contribution in [0.15, 0.2) is 29.9 Å². The Morgan fingerprint density at radius 3 is 2.96 bits per heavy atom. The molecular formula is C15H8ClF2N3OS2. The highest BCUT2D eigenvalue weighted by Crippen LogP contribution is 2.42. The highest BCUT2D eigenvalue weighted by molar-refractivity contribution is 7.92. The maximum Gasteiger partial charge on any atom is 0.171 e. The van der Waals surface area contributed by atoms with Gasteiger partial charge in [0.1, 0.15) is 10.9 Å². The second-order valence-electron chi connectivity index (χ2n) is 4.91. The number of halogens is 3. The minimum absolute atomic E-state index is 0.0304. The second kappa shape index (κ2) is 5.87. The van der Waals surface area contributed by atoms with Crippen molar-refractivity contribution in [3.8, 4) is 16.9 Å². The maximum absolute atomic E-state index is 15.1. The molecule has 0 unspecified atom stereocenters. The van der Waals surface area contributed by atoms with Crippen LogP contribution in [0, 0.1) is 5.82 Å². The van der Waals surface area contributed by atoms with Crippen LogP contribution in [0.4, 0.5) is 8.28 Å². The third-order valence-corrected chi connectivity index (χ3v) is 5.15. The Balaban J connectivity index is 2.11. The van der Waals surface area contributed by atoms with E-state index in [0.29, 0.717) is 32.6 Å². The fraction of sp³-hybridized carbons (Fsp3) is 0.0667. The predicted molar refractivity (Wildman–Crippen MR) is 94.0 cm³/mol. The van der Waals surface area contributed by atoms with Crippen LogP contribution in [0.5, 0.6) is 5.75 Å². The summed E-state index contributed by atoms with van der Waals surface area (Å²) in [6.45, 7) is 0. The van der Waals surface area contributed by atoms with Crippen LogP contribution in [-0.2, 0) is 0 Å². The molecule has 0 aliphatic rings. The van der Waals surface area contributed by atoms with Crippen LogP contribution in [0.2, 0.25) is 5.15 Å². The quantitative estimate of drug-likeness (QED) is 0.438. The molecule has 0 saturated heterocycles. The molecule has 122 valence electrons. The van der Waals surface area contributed by atoms with Gasteiger partial charge in [0.15, 0.2) is 23.8 Å². The lowest BCUT2D eigenvalue weighted by molar-refractivity contribution is 0.414. The zero-order chi connectivity index (χ0) is 16.8. The number of thiazole rings is 1. The lowest BCUT2D eigenvalue weighted by Crippen LogP contribution is -1.92. The van der Waals surface area contributed by atoms with Crippen molar-refractivity contribution in [2.45, 2.75) is 0 Å². The number of aromatic nitrogens is 3. The molecule has 0 aliphatic carbocycles. The van der Waals surface area contributed by atoms with E-state index >= 15 is 4.39 Å². The van der Waals surface area contributed by atoms with Gasteiger partial charge in [-0.05, 0) is 12.1 Å².